The highest BCUT2D eigenvalue weighted by molar-refractivity contribution is 7.11. The van der Waals surface area contributed by atoms with Crippen molar-refractivity contribution < 1.29 is 10.0 Å². The summed E-state index contributed by atoms with van der Waals surface area (Å²) in [5, 5.41) is 24.7. The number of nitro groups is 1. The van der Waals surface area contributed by atoms with Crippen molar-refractivity contribution in [1.82, 2.24) is 10.3 Å². The van der Waals surface area contributed by atoms with E-state index in [0.29, 0.717) is 18.7 Å². The van der Waals surface area contributed by atoms with Gasteiger partial charge in [0.25, 0.3) is 5.69 Å². The molecule has 1 aromatic heterocycles. The fourth-order valence-corrected chi connectivity index (χ4v) is 2.52. The third kappa shape index (κ3) is 3.83. The molecule has 6 nitrogen and oxygen atoms in total. The van der Waals surface area contributed by atoms with Crippen LogP contribution in [0.25, 0.3) is 0 Å². The monoisotopic (exact) mass is 293 g/mol. The number of hydrogen-bond donors (Lipinski definition) is 2. The van der Waals surface area contributed by atoms with Gasteiger partial charge in [-0.3, -0.25) is 10.1 Å². The second-order valence-corrected chi connectivity index (χ2v) is 5.66. The van der Waals surface area contributed by atoms with Crippen LogP contribution in [0, 0.1) is 17.0 Å². The Morgan fingerprint density at radius 3 is 2.70 bits per heavy atom. The van der Waals surface area contributed by atoms with Crippen LogP contribution in [-0.4, -0.2) is 21.6 Å². The molecule has 0 aliphatic heterocycles. The van der Waals surface area contributed by atoms with Crippen LogP contribution in [0.2, 0.25) is 0 Å². The third-order valence-electron chi connectivity index (χ3n) is 2.79. The van der Waals surface area contributed by atoms with Crippen molar-refractivity contribution in [2.24, 2.45) is 0 Å². The van der Waals surface area contributed by atoms with Crippen LogP contribution in [-0.2, 0) is 6.54 Å². The molecule has 0 spiro atoms. The number of nitrogens with zero attached hydrogens (tertiary/aromatic N) is 2. The van der Waals surface area contributed by atoms with Crippen LogP contribution in [0.4, 0.5) is 5.69 Å². The number of nitrogens with one attached hydrogen (secondary N) is 1. The van der Waals surface area contributed by atoms with Gasteiger partial charge in [-0.1, -0.05) is 0 Å². The van der Waals surface area contributed by atoms with Gasteiger partial charge in [-0.05, 0) is 24.6 Å². The minimum absolute atomic E-state index is 0.0223. The normalized spacial score (nSPS) is 12.3. The summed E-state index contributed by atoms with van der Waals surface area (Å²) >= 11 is 1.61. The minimum atomic E-state index is -0.690. The lowest BCUT2D eigenvalue weighted by Crippen LogP contribution is -2.20. The number of aliphatic hydroxyl groups is 1. The molecule has 106 valence electrons. The van der Waals surface area contributed by atoms with E-state index in [2.05, 4.69) is 10.3 Å². The van der Waals surface area contributed by atoms with Crippen molar-refractivity contribution in [1.29, 1.82) is 0 Å². The zero-order valence-electron chi connectivity index (χ0n) is 10.9. The summed E-state index contributed by atoms with van der Waals surface area (Å²) in [5.41, 5.74) is 0.678. The molecule has 1 heterocycles. The van der Waals surface area contributed by atoms with Crippen LogP contribution in [0.5, 0.6) is 0 Å². The Kier molecular flexibility index (Phi) is 4.78. The van der Waals surface area contributed by atoms with Gasteiger partial charge in [0.05, 0.1) is 16.0 Å². The van der Waals surface area contributed by atoms with E-state index >= 15 is 0 Å². The fraction of sp³-hybridized carbons (Fsp3) is 0.308. The summed E-state index contributed by atoms with van der Waals surface area (Å²) in [6, 6.07) is 5.93. The van der Waals surface area contributed by atoms with Crippen LogP contribution < -0.4 is 5.32 Å². The second-order valence-electron chi connectivity index (χ2n) is 4.34. The Hall–Kier alpha value is -1.83. The molecule has 2 rings (SSSR count). The Bertz CT molecular complexity index is 583. The summed E-state index contributed by atoms with van der Waals surface area (Å²) < 4.78 is 0. The maximum absolute atomic E-state index is 10.5. The first-order valence-corrected chi connectivity index (χ1v) is 6.92. The first-order valence-electron chi connectivity index (χ1n) is 6.10. The standard InChI is InChI=1S/C13H15N3O3S/c1-9-15-7-12(20-9)6-14-8-13(17)10-2-4-11(5-3-10)16(18)19/h2-5,7,13-14,17H,6,8H2,1H3. The third-order valence-corrected chi connectivity index (χ3v) is 3.71. The highest BCUT2D eigenvalue weighted by Crippen LogP contribution is 2.17. The molecule has 0 saturated carbocycles. The van der Waals surface area contributed by atoms with E-state index in [1.54, 1.807) is 23.5 Å². The van der Waals surface area contributed by atoms with Gasteiger partial charge in [0.1, 0.15) is 0 Å². The molecule has 0 aliphatic rings. The summed E-state index contributed by atoms with van der Waals surface area (Å²) in [6.45, 7) is 2.98. The molecule has 7 heteroatoms. The minimum Gasteiger partial charge on any atom is -0.387 e. The highest BCUT2D eigenvalue weighted by atomic mass is 32.1. The van der Waals surface area contributed by atoms with E-state index in [4.69, 9.17) is 0 Å². The van der Waals surface area contributed by atoms with Crippen molar-refractivity contribution in [3.63, 3.8) is 0 Å². The van der Waals surface area contributed by atoms with Gasteiger partial charge in [0.2, 0.25) is 0 Å². The van der Waals surface area contributed by atoms with Gasteiger partial charge in [0, 0.05) is 36.3 Å². The average Bonchev–Trinajstić information content (AvgIpc) is 2.84. The lowest BCUT2D eigenvalue weighted by molar-refractivity contribution is -0.384. The Labute approximate surface area is 120 Å². The molecule has 2 aromatic rings. The predicted octanol–water partition coefficient (Wildman–Crippen LogP) is 2.18. The number of non-ortho nitro benzene ring substituents is 1. The van der Waals surface area contributed by atoms with Crippen molar-refractivity contribution in [3.8, 4) is 0 Å². The lowest BCUT2D eigenvalue weighted by Gasteiger charge is -2.11. The maximum Gasteiger partial charge on any atom is 0.269 e. The van der Waals surface area contributed by atoms with Crippen LogP contribution >= 0.6 is 11.3 Å². The van der Waals surface area contributed by atoms with Crippen LogP contribution in [0.15, 0.2) is 30.5 Å². The van der Waals surface area contributed by atoms with E-state index in [-0.39, 0.29) is 5.69 Å². The molecule has 0 saturated heterocycles. The quantitative estimate of drug-likeness (QED) is 0.629. The zero-order chi connectivity index (χ0) is 14.5. The number of hydrogen-bond acceptors (Lipinski definition) is 6. The molecule has 1 unspecified atom stereocenters. The lowest BCUT2D eigenvalue weighted by atomic mass is 10.1. The van der Waals surface area contributed by atoms with E-state index < -0.39 is 11.0 Å². The van der Waals surface area contributed by atoms with E-state index in [1.807, 2.05) is 13.1 Å². The number of aryl methyl sites for hydroxylation is 1. The fourth-order valence-electron chi connectivity index (χ4n) is 1.76. The van der Waals surface area contributed by atoms with Crippen molar-refractivity contribution in [2.75, 3.05) is 6.54 Å². The van der Waals surface area contributed by atoms with Gasteiger partial charge in [0.15, 0.2) is 0 Å². The number of rotatable bonds is 6. The molecule has 0 amide bonds. The molecule has 2 N–H and O–H groups in total. The number of nitro benzene ring substituents is 1. The van der Waals surface area contributed by atoms with Crippen LogP contribution in [0.3, 0.4) is 0 Å². The Morgan fingerprint density at radius 2 is 2.15 bits per heavy atom. The number of aliphatic hydroxyl groups excluding tert-OH is 1. The Morgan fingerprint density at radius 1 is 1.45 bits per heavy atom. The van der Waals surface area contributed by atoms with Crippen molar-refractivity contribution >= 4 is 17.0 Å². The summed E-state index contributed by atoms with van der Waals surface area (Å²) in [5.74, 6) is 0. The second kappa shape index (κ2) is 6.56. The maximum atomic E-state index is 10.5. The van der Waals surface area contributed by atoms with Gasteiger partial charge in [-0.2, -0.15) is 0 Å². The SMILES string of the molecule is Cc1ncc(CNCC(O)c2ccc([N+](=O)[O-])cc2)s1. The molecule has 1 aromatic carbocycles. The van der Waals surface area contributed by atoms with E-state index in [1.165, 1.54) is 12.1 Å². The number of benzene rings is 1. The smallest absolute Gasteiger partial charge is 0.269 e. The highest BCUT2D eigenvalue weighted by Gasteiger charge is 2.10. The predicted molar refractivity (Wildman–Crippen MR) is 76.6 cm³/mol. The summed E-state index contributed by atoms with van der Waals surface area (Å²) in [6.07, 6.45) is 1.12. The summed E-state index contributed by atoms with van der Waals surface area (Å²) in [4.78, 5) is 15.3. The largest absolute Gasteiger partial charge is 0.387 e. The van der Waals surface area contributed by atoms with E-state index in [9.17, 15) is 15.2 Å². The van der Waals surface area contributed by atoms with Crippen molar-refractivity contribution in [3.05, 3.63) is 56.0 Å². The number of thiazole rings is 1. The topological polar surface area (TPSA) is 88.3 Å². The molecular formula is C13H15N3O3S. The van der Waals surface area contributed by atoms with Gasteiger partial charge in [-0.25, -0.2) is 4.98 Å². The molecule has 0 aliphatic carbocycles. The van der Waals surface area contributed by atoms with Crippen molar-refractivity contribution in [2.45, 2.75) is 19.6 Å². The van der Waals surface area contributed by atoms with Gasteiger partial charge >= 0.3 is 0 Å². The molecular weight excluding hydrogens is 278 g/mol. The molecule has 20 heavy (non-hydrogen) atoms. The zero-order valence-corrected chi connectivity index (χ0v) is 11.8. The van der Waals surface area contributed by atoms with Crippen LogP contribution in [0.1, 0.15) is 21.6 Å². The first kappa shape index (κ1) is 14.6. The number of aromatic nitrogens is 1. The average molecular weight is 293 g/mol. The van der Waals surface area contributed by atoms with Gasteiger partial charge < -0.3 is 10.4 Å². The summed E-state index contributed by atoms with van der Waals surface area (Å²) in [7, 11) is 0. The first-order chi connectivity index (χ1) is 9.56. The molecule has 0 radical (unpaired) electrons. The Balaban J connectivity index is 1.85. The molecule has 1 atom stereocenters. The molecule has 0 fully saturated rings. The molecule has 0 bridgehead atoms. The van der Waals surface area contributed by atoms with Gasteiger partial charge in [-0.15, -0.1) is 11.3 Å². The van der Waals surface area contributed by atoms with E-state index in [0.717, 1.165) is 9.88 Å².